The smallest absolute Gasteiger partial charge is 0.108 e. The molecule has 2 N–H and O–H groups in total. The first-order valence-electron chi connectivity index (χ1n) is 5.76. The Labute approximate surface area is 96.4 Å². The number of aliphatic hydroxyl groups is 1. The van der Waals surface area contributed by atoms with E-state index < -0.39 is 5.60 Å². The van der Waals surface area contributed by atoms with Gasteiger partial charge in [-0.1, -0.05) is 24.3 Å². The third kappa shape index (κ3) is 2.43. The van der Waals surface area contributed by atoms with E-state index in [1.54, 1.807) is 0 Å². The zero-order valence-corrected chi connectivity index (χ0v) is 9.70. The Morgan fingerprint density at radius 3 is 2.88 bits per heavy atom. The van der Waals surface area contributed by atoms with Gasteiger partial charge in [0.1, 0.15) is 5.60 Å². The van der Waals surface area contributed by atoms with Crippen LogP contribution in [0.1, 0.15) is 11.1 Å². The van der Waals surface area contributed by atoms with Crippen molar-refractivity contribution in [1.82, 2.24) is 5.32 Å². The first-order valence-corrected chi connectivity index (χ1v) is 5.76. The minimum atomic E-state index is -0.440. The summed E-state index contributed by atoms with van der Waals surface area (Å²) < 4.78 is 5.76. The number of aliphatic hydroxyl groups excluding tert-OH is 1. The number of hydrogen-bond acceptors (Lipinski definition) is 3. The van der Waals surface area contributed by atoms with Gasteiger partial charge in [0, 0.05) is 19.5 Å². The molecule has 0 amide bonds. The lowest BCUT2D eigenvalue weighted by atomic mass is 9.91. The molecule has 3 heteroatoms. The van der Waals surface area contributed by atoms with Crippen LogP contribution in [0.25, 0.3) is 0 Å². The standard InChI is InChI=1S/C13H19NO2/c1-11-4-2-3-5-12(11)8-13(10-15)9-14-6-7-16-13/h2-5,14-15H,6-10H2,1H3. The zero-order chi connectivity index (χ0) is 11.4. The molecule has 1 fully saturated rings. The van der Waals surface area contributed by atoms with Crippen molar-refractivity contribution < 1.29 is 9.84 Å². The van der Waals surface area contributed by atoms with Crippen LogP contribution in [0.5, 0.6) is 0 Å². The quantitative estimate of drug-likeness (QED) is 0.796. The van der Waals surface area contributed by atoms with Crippen LogP contribution in [0, 0.1) is 6.92 Å². The van der Waals surface area contributed by atoms with Gasteiger partial charge in [-0.05, 0) is 18.1 Å². The third-order valence-corrected chi connectivity index (χ3v) is 3.20. The van der Waals surface area contributed by atoms with Crippen molar-refractivity contribution >= 4 is 0 Å². The molecular formula is C13H19NO2. The number of morpholine rings is 1. The Hall–Kier alpha value is -0.900. The van der Waals surface area contributed by atoms with E-state index in [4.69, 9.17) is 4.74 Å². The molecule has 1 aromatic carbocycles. The Morgan fingerprint density at radius 2 is 2.25 bits per heavy atom. The van der Waals surface area contributed by atoms with Crippen molar-refractivity contribution in [3.63, 3.8) is 0 Å². The van der Waals surface area contributed by atoms with E-state index in [0.29, 0.717) is 6.61 Å². The monoisotopic (exact) mass is 221 g/mol. The number of ether oxygens (including phenoxy) is 1. The van der Waals surface area contributed by atoms with Crippen LogP contribution >= 0.6 is 0 Å². The van der Waals surface area contributed by atoms with E-state index in [1.807, 2.05) is 12.1 Å². The predicted molar refractivity (Wildman–Crippen MR) is 63.5 cm³/mol. The summed E-state index contributed by atoms with van der Waals surface area (Å²) in [6, 6.07) is 8.26. The van der Waals surface area contributed by atoms with Gasteiger partial charge >= 0.3 is 0 Å². The summed E-state index contributed by atoms with van der Waals surface area (Å²) in [5, 5.41) is 12.8. The lowest BCUT2D eigenvalue weighted by Gasteiger charge is -2.36. The van der Waals surface area contributed by atoms with Crippen LogP contribution in [0.2, 0.25) is 0 Å². The molecule has 0 bridgehead atoms. The summed E-state index contributed by atoms with van der Waals surface area (Å²) in [5.41, 5.74) is 2.06. The van der Waals surface area contributed by atoms with Gasteiger partial charge in [0.05, 0.1) is 13.2 Å². The number of hydrogen-bond donors (Lipinski definition) is 2. The average molecular weight is 221 g/mol. The summed E-state index contributed by atoms with van der Waals surface area (Å²) in [4.78, 5) is 0. The molecule has 2 rings (SSSR count). The van der Waals surface area contributed by atoms with E-state index in [-0.39, 0.29) is 6.61 Å². The van der Waals surface area contributed by atoms with Gasteiger partial charge in [-0.15, -0.1) is 0 Å². The van der Waals surface area contributed by atoms with Crippen molar-refractivity contribution in [2.75, 3.05) is 26.3 Å². The molecule has 1 saturated heterocycles. The lowest BCUT2D eigenvalue weighted by molar-refractivity contribution is -0.0954. The van der Waals surface area contributed by atoms with Crippen LogP contribution in [-0.4, -0.2) is 37.0 Å². The van der Waals surface area contributed by atoms with E-state index in [2.05, 4.69) is 24.4 Å². The van der Waals surface area contributed by atoms with Crippen molar-refractivity contribution in [2.24, 2.45) is 0 Å². The third-order valence-electron chi connectivity index (χ3n) is 3.20. The largest absolute Gasteiger partial charge is 0.393 e. The first kappa shape index (κ1) is 11.6. The second-order valence-corrected chi connectivity index (χ2v) is 4.47. The van der Waals surface area contributed by atoms with Crippen LogP contribution in [0.15, 0.2) is 24.3 Å². The molecule has 1 atom stereocenters. The molecule has 16 heavy (non-hydrogen) atoms. The fourth-order valence-electron chi connectivity index (χ4n) is 2.13. The highest BCUT2D eigenvalue weighted by molar-refractivity contribution is 5.27. The second kappa shape index (κ2) is 4.95. The van der Waals surface area contributed by atoms with Gasteiger partial charge in [-0.25, -0.2) is 0 Å². The minimum absolute atomic E-state index is 0.0638. The molecule has 1 unspecified atom stereocenters. The van der Waals surface area contributed by atoms with Gasteiger partial charge in [0.2, 0.25) is 0 Å². The van der Waals surface area contributed by atoms with Gasteiger partial charge in [-0.3, -0.25) is 0 Å². The van der Waals surface area contributed by atoms with Crippen LogP contribution in [0.3, 0.4) is 0 Å². The lowest BCUT2D eigenvalue weighted by Crippen LogP contribution is -2.53. The Kier molecular flexibility index (Phi) is 3.59. The molecule has 0 saturated carbocycles. The summed E-state index contributed by atoms with van der Waals surface area (Å²) in [6.45, 7) is 4.42. The molecule has 3 nitrogen and oxygen atoms in total. The van der Waals surface area contributed by atoms with Gasteiger partial charge in [-0.2, -0.15) is 0 Å². The molecule has 1 aliphatic heterocycles. The highest BCUT2D eigenvalue weighted by Crippen LogP contribution is 2.21. The molecule has 0 spiro atoms. The topological polar surface area (TPSA) is 41.5 Å². The van der Waals surface area contributed by atoms with Crippen molar-refractivity contribution in [3.05, 3.63) is 35.4 Å². The minimum Gasteiger partial charge on any atom is -0.393 e. The van der Waals surface area contributed by atoms with Crippen LogP contribution < -0.4 is 5.32 Å². The van der Waals surface area contributed by atoms with Crippen molar-refractivity contribution in [1.29, 1.82) is 0 Å². The van der Waals surface area contributed by atoms with Crippen molar-refractivity contribution in [3.8, 4) is 0 Å². The SMILES string of the molecule is Cc1ccccc1CC1(CO)CNCCO1. The van der Waals surface area contributed by atoms with Gasteiger partial charge in [0.15, 0.2) is 0 Å². The van der Waals surface area contributed by atoms with E-state index in [1.165, 1.54) is 11.1 Å². The van der Waals surface area contributed by atoms with E-state index in [9.17, 15) is 5.11 Å². The number of rotatable bonds is 3. The van der Waals surface area contributed by atoms with Crippen LogP contribution in [0.4, 0.5) is 0 Å². The average Bonchev–Trinajstić information content (AvgIpc) is 2.33. The number of nitrogens with one attached hydrogen (secondary N) is 1. The Balaban J connectivity index is 2.15. The van der Waals surface area contributed by atoms with E-state index >= 15 is 0 Å². The molecule has 0 aromatic heterocycles. The maximum Gasteiger partial charge on any atom is 0.108 e. The maximum atomic E-state index is 9.53. The Morgan fingerprint density at radius 1 is 1.44 bits per heavy atom. The number of benzene rings is 1. The fourth-order valence-corrected chi connectivity index (χ4v) is 2.13. The highest BCUT2D eigenvalue weighted by Gasteiger charge is 2.33. The molecule has 1 aliphatic rings. The molecule has 0 aliphatic carbocycles. The fraction of sp³-hybridized carbons (Fsp3) is 0.538. The zero-order valence-electron chi connectivity index (χ0n) is 9.70. The molecular weight excluding hydrogens is 202 g/mol. The molecule has 88 valence electrons. The second-order valence-electron chi connectivity index (χ2n) is 4.47. The van der Waals surface area contributed by atoms with Crippen LogP contribution in [-0.2, 0) is 11.2 Å². The van der Waals surface area contributed by atoms with Gasteiger partial charge < -0.3 is 15.2 Å². The molecule has 1 heterocycles. The molecule has 1 aromatic rings. The number of aryl methyl sites for hydroxylation is 1. The Bertz CT molecular complexity index is 346. The van der Waals surface area contributed by atoms with Gasteiger partial charge in [0.25, 0.3) is 0 Å². The summed E-state index contributed by atoms with van der Waals surface area (Å²) in [6.07, 6.45) is 0.767. The normalized spacial score (nSPS) is 25.6. The predicted octanol–water partition coefficient (Wildman–Crippen LogP) is 0.888. The van der Waals surface area contributed by atoms with E-state index in [0.717, 1.165) is 19.5 Å². The first-order chi connectivity index (χ1) is 7.76. The summed E-state index contributed by atoms with van der Waals surface area (Å²) in [7, 11) is 0. The highest BCUT2D eigenvalue weighted by atomic mass is 16.5. The summed E-state index contributed by atoms with van der Waals surface area (Å²) in [5.74, 6) is 0. The van der Waals surface area contributed by atoms with Crippen molar-refractivity contribution in [2.45, 2.75) is 18.9 Å². The maximum absolute atomic E-state index is 9.53. The summed E-state index contributed by atoms with van der Waals surface area (Å²) >= 11 is 0. The molecule has 0 radical (unpaired) electrons.